The summed E-state index contributed by atoms with van der Waals surface area (Å²) in [7, 11) is 0. The van der Waals surface area contributed by atoms with E-state index < -0.39 is 6.04 Å². The molecule has 1 atom stereocenters. The van der Waals surface area contributed by atoms with Gasteiger partial charge in [0.25, 0.3) is 5.91 Å². The van der Waals surface area contributed by atoms with E-state index in [2.05, 4.69) is 15.6 Å². The number of para-hydroxylation sites is 1. The Morgan fingerprint density at radius 2 is 2.03 bits per heavy atom. The molecule has 4 aromatic rings. The minimum atomic E-state index is -0.578. The number of hydrogen-bond acceptors (Lipinski definition) is 6. The SMILES string of the molecule is CCOc1ccccc1C1C(C(=O)Nc2cccnc2)=C(C)Nc2nc(-c3cccc(Cl)c3)nn21. The van der Waals surface area contributed by atoms with Gasteiger partial charge >= 0.3 is 0 Å². The lowest BCUT2D eigenvalue weighted by atomic mass is 9.94. The smallest absolute Gasteiger partial charge is 0.255 e. The lowest BCUT2D eigenvalue weighted by molar-refractivity contribution is -0.113. The number of aromatic nitrogens is 4. The van der Waals surface area contributed by atoms with E-state index in [0.717, 1.165) is 11.1 Å². The molecule has 2 N–H and O–H groups in total. The molecule has 8 nitrogen and oxygen atoms in total. The fourth-order valence-electron chi connectivity index (χ4n) is 4.11. The van der Waals surface area contributed by atoms with Gasteiger partial charge in [0.05, 0.1) is 24.1 Å². The normalized spacial score (nSPS) is 14.8. The fraction of sp³-hybridized carbons (Fsp3) is 0.154. The van der Waals surface area contributed by atoms with Gasteiger partial charge in [-0.05, 0) is 44.2 Å². The molecular formula is C26H23ClN6O2. The predicted octanol–water partition coefficient (Wildman–Crippen LogP) is 5.32. The summed E-state index contributed by atoms with van der Waals surface area (Å²) in [6, 6.07) is 18.0. The minimum absolute atomic E-state index is 0.273. The maximum Gasteiger partial charge on any atom is 0.255 e. The number of ether oxygens (including phenoxy) is 1. The number of carbonyl (C=O) groups excluding carboxylic acids is 1. The van der Waals surface area contributed by atoms with Gasteiger partial charge in [0, 0.05) is 28.0 Å². The molecule has 5 rings (SSSR count). The molecule has 2 aromatic carbocycles. The topological polar surface area (TPSA) is 94.0 Å². The van der Waals surface area contributed by atoms with Crippen molar-refractivity contribution in [3.63, 3.8) is 0 Å². The van der Waals surface area contributed by atoms with Crippen molar-refractivity contribution in [2.75, 3.05) is 17.2 Å². The molecule has 0 spiro atoms. The number of pyridine rings is 1. The summed E-state index contributed by atoms with van der Waals surface area (Å²) in [5, 5.41) is 11.6. The minimum Gasteiger partial charge on any atom is -0.494 e. The van der Waals surface area contributed by atoms with Gasteiger partial charge < -0.3 is 15.4 Å². The van der Waals surface area contributed by atoms with Crippen molar-refractivity contribution in [1.29, 1.82) is 0 Å². The first kappa shape index (κ1) is 22.6. The monoisotopic (exact) mass is 486 g/mol. The van der Waals surface area contributed by atoms with Crippen LogP contribution in [-0.2, 0) is 4.79 Å². The van der Waals surface area contributed by atoms with Crippen molar-refractivity contribution in [2.24, 2.45) is 0 Å². The highest BCUT2D eigenvalue weighted by Crippen LogP contribution is 2.40. The second-order valence-electron chi connectivity index (χ2n) is 7.95. The Balaban J connectivity index is 1.64. The van der Waals surface area contributed by atoms with E-state index in [-0.39, 0.29) is 5.91 Å². The number of nitrogens with zero attached hydrogens (tertiary/aromatic N) is 4. The van der Waals surface area contributed by atoms with Crippen LogP contribution in [0.25, 0.3) is 11.4 Å². The van der Waals surface area contributed by atoms with Crippen molar-refractivity contribution >= 4 is 29.1 Å². The van der Waals surface area contributed by atoms with E-state index in [1.807, 2.05) is 56.3 Å². The zero-order chi connectivity index (χ0) is 24.4. The lowest BCUT2D eigenvalue weighted by Crippen LogP contribution is -2.31. The molecule has 0 saturated heterocycles. The van der Waals surface area contributed by atoms with Gasteiger partial charge in [0.2, 0.25) is 5.95 Å². The average molecular weight is 487 g/mol. The van der Waals surface area contributed by atoms with Crippen molar-refractivity contribution in [2.45, 2.75) is 19.9 Å². The largest absolute Gasteiger partial charge is 0.494 e. The van der Waals surface area contributed by atoms with Gasteiger partial charge in [-0.25, -0.2) is 4.68 Å². The molecule has 176 valence electrons. The van der Waals surface area contributed by atoms with Crippen LogP contribution in [0.1, 0.15) is 25.5 Å². The first-order valence-corrected chi connectivity index (χ1v) is 11.6. The van der Waals surface area contributed by atoms with Crippen LogP contribution in [0.5, 0.6) is 5.75 Å². The van der Waals surface area contributed by atoms with E-state index in [9.17, 15) is 4.79 Å². The Labute approximate surface area is 207 Å². The van der Waals surface area contributed by atoms with Gasteiger partial charge in [-0.3, -0.25) is 9.78 Å². The van der Waals surface area contributed by atoms with Crippen molar-refractivity contribution < 1.29 is 9.53 Å². The number of carbonyl (C=O) groups is 1. The van der Waals surface area contributed by atoms with Crippen LogP contribution in [0.3, 0.4) is 0 Å². The molecule has 1 unspecified atom stereocenters. The van der Waals surface area contributed by atoms with E-state index in [1.54, 1.807) is 35.3 Å². The number of nitrogens with one attached hydrogen (secondary N) is 2. The fourth-order valence-corrected chi connectivity index (χ4v) is 4.30. The molecule has 0 saturated carbocycles. The molecule has 3 heterocycles. The molecule has 35 heavy (non-hydrogen) atoms. The number of fused-ring (bicyclic) bond motifs is 1. The molecule has 2 aromatic heterocycles. The number of halogens is 1. The molecule has 1 aliphatic heterocycles. The zero-order valence-corrected chi connectivity index (χ0v) is 20.0. The number of allylic oxidation sites excluding steroid dienone is 1. The van der Waals surface area contributed by atoms with Gasteiger partial charge in [-0.1, -0.05) is 41.9 Å². The highest BCUT2D eigenvalue weighted by atomic mass is 35.5. The Hall–Kier alpha value is -4.17. The Morgan fingerprint density at radius 3 is 2.80 bits per heavy atom. The number of anilines is 2. The Bertz CT molecular complexity index is 1420. The summed E-state index contributed by atoms with van der Waals surface area (Å²) >= 11 is 6.21. The first-order valence-electron chi connectivity index (χ1n) is 11.2. The number of rotatable bonds is 6. The molecule has 0 bridgehead atoms. The van der Waals surface area contributed by atoms with Crippen LogP contribution in [0.15, 0.2) is 84.3 Å². The van der Waals surface area contributed by atoms with Gasteiger partial charge in [0.1, 0.15) is 11.8 Å². The van der Waals surface area contributed by atoms with Crippen LogP contribution >= 0.6 is 11.6 Å². The van der Waals surface area contributed by atoms with Gasteiger partial charge in [0.15, 0.2) is 5.82 Å². The van der Waals surface area contributed by atoms with E-state index in [4.69, 9.17) is 26.4 Å². The zero-order valence-electron chi connectivity index (χ0n) is 19.2. The molecule has 0 radical (unpaired) electrons. The van der Waals surface area contributed by atoms with E-state index in [1.165, 1.54) is 0 Å². The van der Waals surface area contributed by atoms with E-state index in [0.29, 0.717) is 46.1 Å². The predicted molar refractivity (Wildman–Crippen MR) is 135 cm³/mol. The lowest BCUT2D eigenvalue weighted by Gasteiger charge is -2.29. The van der Waals surface area contributed by atoms with Crippen LogP contribution in [0.4, 0.5) is 11.6 Å². The summed E-state index contributed by atoms with van der Waals surface area (Å²) in [5.41, 5.74) is 3.34. The number of hydrogen-bond donors (Lipinski definition) is 2. The van der Waals surface area contributed by atoms with Crippen LogP contribution < -0.4 is 15.4 Å². The number of benzene rings is 2. The molecule has 1 amide bonds. The molecule has 9 heteroatoms. The van der Waals surface area contributed by atoms with Crippen molar-refractivity contribution in [1.82, 2.24) is 19.7 Å². The summed E-state index contributed by atoms with van der Waals surface area (Å²) in [6.45, 7) is 4.26. The van der Waals surface area contributed by atoms with Gasteiger partial charge in [-0.2, -0.15) is 4.98 Å². The van der Waals surface area contributed by atoms with Crippen molar-refractivity contribution in [3.05, 3.63) is 94.9 Å². The highest BCUT2D eigenvalue weighted by molar-refractivity contribution is 6.30. The Morgan fingerprint density at radius 1 is 1.17 bits per heavy atom. The third-order valence-electron chi connectivity index (χ3n) is 5.61. The molecular weight excluding hydrogens is 464 g/mol. The quantitative estimate of drug-likeness (QED) is 0.383. The van der Waals surface area contributed by atoms with E-state index >= 15 is 0 Å². The van der Waals surface area contributed by atoms with Gasteiger partial charge in [-0.15, -0.1) is 5.10 Å². The van der Waals surface area contributed by atoms with Crippen LogP contribution in [0.2, 0.25) is 5.02 Å². The summed E-state index contributed by atoms with van der Waals surface area (Å²) in [4.78, 5) is 22.4. The standard InChI is InChI=1S/C26H23ClN6O2/c1-3-35-21-12-5-4-11-20(21)23-22(25(34)30-19-10-7-13-28-15-19)16(2)29-26-31-24(32-33(23)26)17-8-6-9-18(27)14-17/h4-15,23H,3H2,1-2H3,(H,30,34)(H,29,31,32). The average Bonchev–Trinajstić information content (AvgIpc) is 3.28. The highest BCUT2D eigenvalue weighted by Gasteiger charge is 2.36. The third-order valence-corrected chi connectivity index (χ3v) is 5.85. The van der Waals surface area contributed by atoms with Crippen molar-refractivity contribution in [3.8, 4) is 17.1 Å². The Kier molecular flexibility index (Phi) is 6.20. The molecule has 0 aliphatic carbocycles. The summed E-state index contributed by atoms with van der Waals surface area (Å²) < 4.78 is 7.65. The molecule has 0 fully saturated rings. The summed E-state index contributed by atoms with van der Waals surface area (Å²) in [6.07, 6.45) is 3.26. The maximum atomic E-state index is 13.6. The maximum absolute atomic E-state index is 13.6. The third kappa shape index (κ3) is 4.48. The van der Waals surface area contributed by atoms with Crippen LogP contribution in [-0.4, -0.2) is 32.3 Å². The second kappa shape index (κ2) is 9.60. The summed E-state index contributed by atoms with van der Waals surface area (Å²) in [5.74, 6) is 1.42. The second-order valence-corrected chi connectivity index (χ2v) is 8.38. The number of amides is 1. The first-order chi connectivity index (χ1) is 17.0. The van der Waals surface area contributed by atoms with Crippen LogP contribution in [0, 0.1) is 0 Å². The molecule has 1 aliphatic rings.